The standard InChI is InChI=1S/C25H29N5/c1-18-7-6-10-22(20(18)3)28-13-15-29(16-14-28)24-17-19(2)26-25(27-24)30-12-11-21-8-4-5-9-23(21)30/h4-10,17H,11-16H2,1-3H3. The third-order valence-electron chi connectivity index (χ3n) is 6.48. The zero-order chi connectivity index (χ0) is 20.7. The molecule has 5 nitrogen and oxygen atoms in total. The van der Waals surface area contributed by atoms with Crippen LogP contribution in [0, 0.1) is 20.8 Å². The van der Waals surface area contributed by atoms with Crippen LogP contribution < -0.4 is 14.7 Å². The van der Waals surface area contributed by atoms with Crippen LogP contribution in [0.3, 0.4) is 0 Å². The molecule has 0 N–H and O–H groups in total. The minimum absolute atomic E-state index is 0.826. The molecule has 3 aromatic rings. The summed E-state index contributed by atoms with van der Waals surface area (Å²) < 4.78 is 0. The first kappa shape index (κ1) is 18.9. The molecule has 0 radical (unpaired) electrons. The summed E-state index contributed by atoms with van der Waals surface area (Å²) in [6, 6.07) is 17.3. The van der Waals surface area contributed by atoms with Gasteiger partial charge in [0.05, 0.1) is 0 Å². The molecule has 154 valence electrons. The van der Waals surface area contributed by atoms with E-state index in [2.05, 4.69) is 84.0 Å². The summed E-state index contributed by atoms with van der Waals surface area (Å²) >= 11 is 0. The van der Waals surface area contributed by atoms with E-state index in [1.165, 1.54) is 28.1 Å². The van der Waals surface area contributed by atoms with Gasteiger partial charge in [0.1, 0.15) is 5.82 Å². The van der Waals surface area contributed by atoms with Gasteiger partial charge in [0.25, 0.3) is 0 Å². The topological polar surface area (TPSA) is 35.5 Å². The Balaban J connectivity index is 1.36. The smallest absolute Gasteiger partial charge is 0.232 e. The van der Waals surface area contributed by atoms with Gasteiger partial charge in [-0.25, -0.2) is 4.98 Å². The second kappa shape index (κ2) is 7.63. The first-order chi connectivity index (χ1) is 14.6. The van der Waals surface area contributed by atoms with Gasteiger partial charge in [-0.1, -0.05) is 30.3 Å². The lowest BCUT2D eigenvalue weighted by molar-refractivity contribution is 0.645. The Bertz CT molecular complexity index is 1070. The average Bonchev–Trinajstić information content (AvgIpc) is 3.20. The van der Waals surface area contributed by atoms with Gasteiger partial charge in [-0.2, -0.15) is 4.98 Å². The Morgan fingerprint density at radius 1 is 0.733 bits per heavy atom. The van der Waals surface area contributed by atoms with Crippen LogP contribution >= 0.6 is 0 Å². The van der Waals surface area contributed by atoms with E-state index in [0.29, 0.717) is 0 Å². The third kappa shape index (κ3) is 3.38. The number of aryl methyl sites for hydroxylation is 2. The van der Waals surface area contributed by atoms with Crippen molar-refractivity contribution in [3.05, 3.63) is 70.9 Å². The molecule has 1 fully saturated rings. The van der Waals surface area contributed by atoms with Crippen molar-refractivity contribution in [2.45, 2.75) is 27.2 Å². The predicted molar refractivity (Wildman–Crippen MR) is 124 cm³/mol. The lowest BCUT2D eigenvalue weighted by atomic mass is 10.1. The van der Waals surface area contributed by atoms with Gasteiger partial charge < -0.3 is 14.7 Å². The molecule has 0 aliphatic carbocycles. The Kier molecular flexibility index (Phi) is 4.81. The van der Waals surface area contributed by atoms with Gasteiger partial charge in [0, 0.05) is 55.9 Å². The lowest BCUT2D eigenvalue weighted by Crippen LogP contribution is -2.47. The number of hydrogen-bond donors (Lipinski definition) is 0. The maximum absolute atomic E-state index is 4.99. The predicted octanol–water partition coefficient (Wildman–Crippen LogP) is 4.42. The first-order valence-electron chi connectivity index (χ1n) is 10.9. The van der Waals surface area contributed by atoms with Crippen LogP contribution in [0.4, 0.5) is 23.1 Å². The van der Waals surface area contributed by atoms with E-state index in [1.54, 1.807) is 0 Å². The molecule has 5 heteroatoms. The van der Waals surface area contributed by atoms with E-state index in [-0.39, 0.29) is 0 Å². The number of nitrogens with zero attached hydrogens (tertiary/aromatic N) is 5. The number of anilines is 4. The number of hydrogen-bond acceptors (Lipinski definition) is 5. The van der Waals surface area contributed by atoms with E-state index in [1.807, 2.05) is 0 Å². The Morgan fingerprint density at radius 2 is 1.47 bits per heavy atom. The van der Waals surface area contributed by atoms with Crippen molar-refractivity contribution in [3.63, 3.8) is 0 Å². The van der Waals surface area contributed by atoms with Crippen molar-refractivity contribution in [2.75, 3.05) is 47.4 Å². The quantitative estimate of drug-likeness (QED) is 0.651. The van der Waals surface area contributed by atoms with Gasteiger partial charge in [0.15, 0.2) is 0 Å². The zero-order valence-electron chi connectivity index (χ0n) is 18.1. The minimum atomic E-state index is 0.826. The molecule has 2 aliphatic rings. The van der Waals surface area contributed by atoms with Crippen LogP contribution in [0.5, 0.6) is 0 Å². The fourth-order valence-corrected chi connectivity index (χ4v) is 4.62. The lowest BCUT2D eigenvalue weighted by Gasteiger charge is -2.38. The van der Waals surface area contributed by atoms with Crippen molar-refractivity contribution in [3.8, 4) is 0 Å². The SMILES string of the molecule is Cc1cc(N2CCN(c3cccc(C)c3C)CC2)nc(N2CCc3ccccc32)n1. The van der Waals surface area contributed by atoms with E-state index < -0.39 is 0 Å². The maximum Gasteiger partial charge on any atom is 0.232 e. The highest BCUT2D eigenvalue weighted by molar-refractivity contribution is 5.66. The van der Waals surface area contributed by atoms with Crippen LogP contribution in [0.1, 0.15) is 22.4 Å². The molecule has 2 aliphatic heterocycles. The van der Waals surface area contributed by atoms with Crippen molar-refractivity contribution in [1.82, 2.24) is 9.97 Å². The molecule has 0 saturated carbocycles. The number of rotatable bonds is 3. The fourth-order valence-electron chi connectivity index (χ4n) is 4.62. The van der Waals surface area contributed by atoms with Gasteiger partial charge in [-0.05, 0) is 56.0 Å². The third-order valence-corrected chi connectivity index (χ3v) is 6.48. The van der Waals surface area contributed by atoms with Crippen molar-refractivity contribution in [1.29, 1.82) is 0 Å². The summed E-state index contributed by atoms with van der Waals surface area (Å²) in [4.78, 5) is 16.9. The summed E-state index contributed by atoms with van der Waals surface area (Å²) in [5.74, 6) is 1.87. The summed E-state index contributed by atoms with van der Waals surface area (Å²) in [5.41, 5.74) is 7.76. The molecule has 0 unspecified atom stereocenters. The van der Waals surface area contributed by atoms with Gasteiger partial charge in [0.2, 0.25) is 5.95 Å². The molecular formula is C25H29N5. The van der Waals surface area contributed by atoms with Crippen LogP contribution in [-0.4, -0.2) is 42.7 Å². The molecule has 30 heavy (non-hydrogen) atoms. The fraction of sp³-hybridized carbons (Fsp3) is 0.360. The van der Waals surface area contributed by atoms with Crippen LogP contribution in [-0.2, 0) is 6.42 Å². The molecule has 0 spiro atoms. The number of para-hydroxylation sites is 1. The van der Waals surface area contributed by atoms with Gasteiger partial charge >= 0.3 is 0 Å². The van der Waals surface area contributed by atoms with Crippen LogP contribution in [0.15, 0.2) is 48.5 Å². The Morgan fingerprint density at radius 3 is 2.30 bits per heavy atom. The number of piperazine rings is 1. The molecule has 0 bridgehead atoms. The second-order valence-electron chi connectivity index (χ2n) is 8.39. The molecule has 5 rings (SSSR count). The van der Waals surface area contributed by atoms with E-state index in [4.69, 9.17) is 9.97 Å². The van der Waals surface area contributed by atoms with Crippen molar-refractivity contribution >= 4 is 23.1 Å². The summed E-state index contributed by atoms with van der Waals surface area (Å²) in [7, 11) is 0. The molecular weight excluding hydrogens is 370 g/mol. The van der Waals surface area contributed by atoms with Crippen LogP contribution in [0.25, 0.3) is 0 Å². The largest absolute Gasteiger partial charge is 0.368 e. The highest BCUT2D eigenvalue weighted by atomic mass is 15.3. The monoisotopic (exact) mass is 399 g/mol. The van der Waals surface area contributed by atoms with Crippen LogP contribution in [0.2, 0.25) is 0 Å². The molecule has 0 atom stereocenters. The second-order valence-corrected chi connectivity index (χ2v) is 8.39. The number of fused-ring (bicyclic) bond motifs is 1. The summed E-state index contributed by atoms with van der Waals surface area (Å²) in [6.45, 7) is 11.4. The van der Waals surface area contributed by atoms with E-state index >= 15 is 0 Å². The highest BCUT2D eigenvalue weighted by Gasteiger charge is 2.25. The summed E-state index contributed by atoms with van der Waals surface area (Å²) in [5, 5.41) is 0. The van der Waals surface area contributed by atoms with Gasteiger partial charge in [-0.15, -0.1) is 0 Å². The summed E-state index contributed by atoms with van der Waals surface area (Å²) in [6.07, 6.45) is 1.05. The normalized spacial score (nSPS) is 16.2. The van der Waals surface area contributed by atoms with Gasteiger partial charge in [-0.3, -0.25) is 0 Å². The first-order valence-corrected chi connectivity index (χ1v) is 10.9. The minimum Gasteiger partial charge on any atom is -0.368 e. The molecule has 2 aromatic carbocycles. The Labute approximate surface area is 179 Å². The molecule has 1 saturated heterocycles. The van der Waals surface area contributed by atoms with Crippen molar-refractivity contribution in [2.24, 2.45) is 0 Å². The Hall–Kier alpha value is -3.08. The molecule has 3 heterocycles. The zero-order valence-corrected chi connectivity index (χ0v) is 18.1. The molecule has 0 amide bonds. The molecule has 1 aromatic heterocycles. The van der Waals surface area contributed by atoms with E-state index in [9.17, 15) is 0 Å². The average molecular weight is 400 g/mol. The maximum atomic E-state index is 4.99. The highest BCUT2D eigenvalue weighted by Crippen LogP contribution is 2.33. The van der Waals surface area contributed by atoms with E-state index in [0.717, 1.165) is 56.6 Å². The van der Waals surface area contributed by atoms with Crippen molar-refractivity contribution < 1.29 is 0 Å². The number of aromatic nitrogens is 2. The number of benzene rings is 2.